The van der Waals surface area contributed by atoms with E-state index in [1.165, 1.54) is 13.1 Å². The van der Waals surface area contributed by atoms with Gasteiger partial charge in [-0.05, 0) is 65.1 Å². The molecule has 1 aromatic carbocycles. The summed E-state index contributed by atoms with van der Waals surface area (Å²) in [4.78, 5) is 12.5. The van der Waals surface area contributed by atoms with E-state index in [1.807, 2.05) is 30.7 Å². The average molecular weight is 470 g/mol. The fraction of sp³-hybridized carbons (Fsp3) is 0.400. The Morgan fingerprint density at radius 2 is 2.03 bits per heavy atom. The first kappa shape index (κ1) is 24.1. The van der Waals surface area contributed by atoms with Crippen LogP contribution < -0.4 is 20.1 Å². The Hall–Kier alpha value is -2.17. The Labute approximate surface area is 187 Å². The number of sulfonamides is 1. The summed E-state index contributed by atoms with van der Waals surface area (Å²) in [6, 6.07) is 6.64. The zero-order chi connectivity index (χ0) is 22.1. The van der Waals surface area contributed by atoms with Crippen molar-refractivity contribution in [2.45, 2.75) is 44.0 Å². The van der Waals surface area contributed by atoms with Gasteiger partial charge >= 0.3 is 0 Å². The highest BCUT2D eigenvalue weighted by Crippen LogP contribution is 2.26. The minimum absolute atomic E-state index is 0.0267. The molecule has 10 heteroatoms. The molecule has 1 amide bonds. The van der Waals surface area contributed by atoms with Gasteiger partial charge in [-0.1, -0.05) is 19.9 Å². The zero-order valence-electron chi connectivity index (χ0n) is 17.2. The molecule has 0 saturated heterocycles. The first-order valence-electron chi connectivity index (χ1n) is 9.62. The SMILES string of the molecule is CCCOc1ccc(CC(=O)NC(CC)c2ccsc2)cc1S(=O)(=O)NC(=S)NC. The summed E-state index contributed by atoms with van der Waals surface area (Å²) in [5, 5.41) is 9.54. The van der Waals surface area contributed by atoms with Crippen LogP contribution in [0, 0.1) is 0 Å². The maximum atomic E-state index is 12.8. The maximum Gasteiger partial charge on any atom is 0.267 e. The number of hydrogen-bond acceptors (Lipinski definition) is 6. The van der Waals surface area contributed by atoms with Crippen LogP contribution in [0.1, 0.15) is 43.9 Å². The zero-order valence-corrected chi connectivity index (χ0v) is 19.7. The number of thiophene rings is 1. The highest BCUT2D eigenvalue weighted by molar-refractivity contribution is 7.92. The van der Waals surface area contributed by atoms with E-state index < -0.39 is 10.0 Å². The number of thiocarbonyl (C=S) groups is 1. The molecule has 2 rings (SSSR count). The van der Waals surface area contributed by atoms with Crippen LogP contribution in [0.2, 0.25) is 0 Å². The molecule has 7 nitrogen and oxygen atoms in total. The van der Waals surface area contributed by atoms with E-state index in [9.17, 15) is 13.2 Å². The Morgan fingerprint density at radius 1 is 1.27 bits per heavy atom. The lowest BCUT2D eigenvalue weighted by Gasteiger charge is -2.17. The summed E-state index contributed by atoms with van der Waals surface area (Å²) in [6.07, 6.45) is 1.54. The maximum absolute atomic E-state index is 12.8. The second-order valence-corrected chi connectivity index (χ2v) is 9.42. The second-order valence-electron chi connectivity index (χ2n) is 6.58. The van der Waals surface area contributed by atoms with Crippen molar-refractivity contribution in [1.82, 2.24) is 15.4 Å². The van der Waals surface area contributed by atoms with Gasteiger partial charge in [-0.15, -0.1) is 0 Å². The van der Waals surface area contributed by atoms with Crippen molar-refractivity contribution in [1.29, 1.82) is 0 Å². The molecular weight excluding hydrogens is 442 g/mol. The van der Waals surface area contributed by atoms with E-state index >= 15 is 0 Å². The lowest BCUT2D eigenvalue weighted by atomic mass is 10.1. The standard InChI is InChI=1S/C20H27N3O4S3/c1-4-9-27-17-7-6-14(11-18(17)30(25,26)23-20(28)21-3)12-19(24)22-16(5-2)15-8-10-29-13-15/h6-8,10-11,13,16H,4-5,9,12H2,1-3H3,(H,22,24)(H2,21,23,28). The van der Waals surface area contributed by atoms with Crippen molar-refractivity contribution >= 4 is 44.6 Å². The summed E-state index contributed by atoms with van der Waals surface area (Å²) in [6.45, 7) is 4.31. The van der Waals surface area contributed by atoms with Gasteiger partial charge in [0.05, 0.1) is 19.1 Å². The number of rotatable bonds is 10. The third kappa shape index (κ3) is 6.68. The van der Waals surface area contributed by atoms with Gasteiger partial charge in [0, 0.05) is 7.05 Å². The summed E-state index contributed by atoms with van der Waals surface area (Å²) >= 11 is 6.51. The summed E-state index contributed by atoms with van der Waals surface area (Å²) < 4.78 is 33.5. The van der Waals surface area contributed by atoms with E-state index in [0.29, 0.717) is 12.2 Å². The van der Waals surface area contributed by atoms with Crippen LogP contribution in [-0.2, 0) is 21.2 Å². The normalized spacial score (nSPS) is 12.1. The monoisotopic (exact) mass is 469 g/mol. The molecule has 164 valence electrons. The molecule has 0 spiro atoms. The minimum atomic E-state index is -3.96. The Kier molecular flexibility index (Phi) is 9.07. The third-order valence-corrected chi connectivity index (χ3v) is 6.77. The predicted octanol–water partition coefficient (Wildman–Crippen LogP) is 3.13. The minimum Gasteiger partial charge on any atom is -0.492 e. The number of ether oxygens (including phenoxy) is 1. The molecule has 1 unspecified atom stereocenters. The molecule has 2 aromatic rings. The molecule has 1 aromatic heterocycles. The number of amides is 1. The van der Waals surface area contributed by atoms with Crippen molar-refractivity contribution < 1.29 is 17.9 Å². The fourth-order valence-electron chi connectivity index (χ4n) is 2.76. The van der Waals surface area contributed by atoms with E-state index in [-0.39, 0.29) is 34.1 Å². The molecule has 0 saturated carbocycles. The lowest BCUT2D eigenvalue weighted by Crippen LogP contribution is -2.37. The first-order chi connectivity index (χ1) is 14.3. The van der Waals surface area contributed by atoms with Crippen LogP contribution in [0.25, 0.3) is 0 Å². The summed E-state index contributed by atoms with van der Waals surface area (Å²) in [7, 11) is -2.44. The van der Waals surface area contributed by atoms with Crippen molar-refractivity contribution in [3.63, 3.8) is 0 Å². The molecule has 30 heavy (non-hydrogen) atoms. The number of benzene rings is 1. The van der Waals surface area contributed by atoms with Crippen molar-refractivity contribution in [2.75, 3.05) is 13.7 Å². The third-order valence-electron chi connectivity index (χ3n) is 4.27. The van der Waals surface area contributed by atoms with Crippen LogP contribution >= 0.6 is 23.6 Å². The van der Waals surface area contributed by atoms with Gasteiger partial charge in [-0.25, -0.2) is 8.42 Å². The van der Waals surface area contributed by atoms with Crippen LogP contribution in [0.3, 0.4) is 0 Å². The van der Waals surface area contributed by atoms with Crippen LogP contribution in [-0.4, -0.2) is 33.1 Å². The average Bonchev–Trinajstić information content (AvgIpc) is 3.25. The summed E-state index contributed by atoms with van der Waals surface area (Å²) in [5.74, 6) is 0.0365. The molecule has 3 N–H and O–H groups in total. The van der Waals surface area contributed by atoms with Gasteiger partial charge in [0.15, 0.2) is 5.11 Å². The highest BCUT2D eigenvalue weighted by Gasteiger charge is 2.22. The highest BCUT2D eigenvalue weighted by atomic mass is 32.2. The van der Waals surface area contributed by atoms with Crippen molar-refractivity contribution in [3.8, 4) is 5.75 Å². The molecule has 1 heterocycles. The van der Waals surface area contributed by atoms with Gasteiger partial charge in [-0.3, -0.25) is 9.52 Å². The van der Waals surface area contributed by atoms with Crippen molar-refractivity contribution in [3.05, 3.63) is 46.2 Å². The molecule has 0 aliphatic heterocycles. The van der Waals surface area contributed by atoms with Crippen molar-refractivity contribution in [2.24, 2.45) is 0 Å². The summed E-state index contributed by atoms with van der Waals surface area (Å²) in [5.41, 5.74) is 1.62. The number of carbonyl (C=O) groups excluding carboxylic acids is 1. The Balaban J connectivity index is 2.24. The molecular formula is C20H27N3O4S3. The largest absolute Gasteiger partial charge is 0.492 e. The van der Waals surface area contributed by atoms with Gasteiger partial charge in [0.2, 0.25) is 5.91 Å². The van der Waals surface area contributed by atoms with Crippen LogP contribution in [0.15, 0.2) is 39.9 Å². The lowest BCUT2D eigenvalue weighted by molar-refractivity contribution is -0.121. The molecule has 0 radical (unpaired) electrons. The fourth-order valence-corrected chi connectivity index (χ4v) is 4.95. The van der Waals surface area contributed by atoms with Crippen LogP contribution in [0.5, 0.6) is 5.75 Å². The van der Waals surface area contributed by atoms with E-state index in [2.05, 4.69) is 15.4 Å². The Bertz CT molecular complexity index is 960. The number of carbonyl (C=O) groups is 1. The molecule has 0 fully saturated rings. The first-order valence-corrected chi connectivity index (χ1v) is 12.5. The number of hydrogen-bond donors (Lipinski definition) is 3. The van der Waals surface area contributed by atoms with E-state index in [4.69, 9.17) is 17.0 Å². The molecule has 1 atom stereocenters. The smallest absolute Gasteiger partial charge is 0.267 e. The van der Waals surface area contributed by atoms with Gasteiger partial charge in [-0.2, -0.15) is 11.3 Å². The molecule has 0 bridgehead atoms. The van der Waals surface area contributed by atoms with Crippen LogP contribution in [0.4, 0.5) is 0 Å². The second kappa shape index (κ2) is 11.3. The predicted molar refractivity (Wildman–Crippen MR) is 123 cm³/mol. The van der Waals surface area contributed by atoms with Gasteiger partial charge < -0.3 is 15.4 Å². The van der Waals surface area contributed by atoms with E-state index in [1.54, 1.807) is 23.5 Å². The quantitative estimate of drug-likeness (QED) is 0.463. The molecule has 0 aliphatic rings. The Morgan fingerprint density at radius 3 is 2.63 bits per heavy atom. The number of nitrogens with one attached hydrogen (secondary N) is 3. The van der Waals surface area contributed by atoms with Gasteiger partial charge in [0.25, 0.3) is 10.0 Å². The van der Waals surface area contributed by atoms with E-state index in [0.717, 1.165) is 18.4 Å². The topological polar surface area (TPSA) is 96.5 Å². The van der Waals surface area contributed by atoms with Gasteiger partial charge in [0.1, 0.15) is 10.6 Å². The molecule has 0 aliphatic carbocycles.